The molecule has 0 radical (unpaired) electrons. The maximum absolute atomic E-state index is 11.3. The Bertz CT molecular complexity index is 243. The number of carbonyl (C=O) groups excluding carboxylic acids is 1. The maximum atomic E-state index is 11.3. The van der Waals surface area contributed by atoms with Crippen molar-refractivity contribution in [3.8, 4) is 0 Å². The third-order valence-corrected chi connectivity index (χ3v) is 2.54. The van der Waals surface area contributed by atoms with E-state index in [0.29, 0.717) is 25.9 Å². The summed E-state index contributed by atoms with van der Waals surface area (Å²) in [5, 5.41) is 14.7. The highest BCUT2D eigenvalue weighted by Gasteiger charge is 2.27. The van der Waals surface area contributed by atoms with E-state index in [1.165, 1.54) is 0 Å². The first-order valence-corrected chi connectivity index (χ1v) is 5.36. The van der Waals surface area contributed by atoms with Gasteiger partial charge in [-0.3, -0.25) is 9.59 Å². The molecule has 1 aliphatic heterocycles. The van der Waals surface area contributed by atoms with Crippen molar-refractivity contribution in [2.24, 2.45) is 5.92 Å². The van der Waals surface area contributed by atoms with E-state index in [1.54, 1.807) is 0 Å². The fraction of sp³-hybridized carbons (Fsp3) is 0.800. The summed E-state index contributed by atoms with van der Waals surface area (Å²) >= 11 is 0. The molecular formula is C10H18N2O3. The molecule has 2 atom stereocenters. The zero-order chi connectivity index (χ0) is 11.3. The van der Waals surface area contributed by atoms with Gasteiger partial charge in [0, 0.05) is 25.6 Å². The fourth-order valence-electron chi connectivity index (χ4n) is 1.77. The third kappa shape index (κ3) is 3.87. The number of rotatable bonds is 4. The monoisotopic (exact) mass is 214 g/mol. The largest absolute Gasteiger partial charge is 0.481 e. The molecule has 1 rings (SSSR count). The molecule has 0 saturated carbocycles. The van der Waals surface area contributed by atoms with Gasteiger partial charge in [-0.05, 0) is 12.8 Å². The van der Waals surface area contributed by atoms with E-state index in [9.17, 15) is 9.59 Å². The van der Waals surface area contributed by atoms with E-state index >= 15 is 0 Å². The maximum Gasteiger partial charge on any atom is 0.307 e. The Morgan fingerprint density at radius 3 is 2.80 bits per heavy atom. The van der Waals surface area contributed by atoms with Crippen LogP contribution in [0.3, 0.4) is 0 Å². The van der Waals surface area contributed by atoms with Gasteiger partial charge in [-0.15, -0.1) is 0 Å². The van der Waals surface area contributed by atoms with Crippen molar-refractivity contribution < 1.29 is 14.7 Å². The van der Waals surface area contributed by atoms with Gasteiger partial charge < -0.3 is 15.7 Å². The Labute approximate surface area is 89.2 Å². The Morgan fingerprint density at radius 2 is 2.20 bits per heavy atom. The SMILES string of the molecule is CCCC(=O)NC1CNCC(C(=O)O)C1. The van der Waals surface area contributed by atoms with Gasteiger partial charge in [0.1, 0.15) is 0 Å². The molecule has 0 aromatic heterocycles. The van der Waals surface area contributed by atoms with Crippen molar-refractivity contribution in [2.75, 3.05) is 13.1 Å². The van der Waals surface area contributed by atoms with E-state index < -0.39 is 5.97 Å². The minimum absolute atomic E-state index is 0.00957. The number of hydrogen-bond donors (Lipinski definition) is 3. The zero-order valence-corrected chi connectivity index (χ0v) is 8.95. The second-order valence-electron chi connectivity index (χ2n) is 3.94. The number of carbonyl (C=O) groups is 2. The Balaban J connectivity index is 2.36. The van der Waals surface area contributed by atoms with Crippen LogP contribution in [-0.2, 0) is 9.59 Å². The zero-order valence-electron chi connectivity index (χ0n) is 8.95. The lowest BCUT2D eigenvalue weighted by atomic mass is 9.96. The van der Waals surface area contributed by atoms with Crippen molar-refractivity contribution in [3.63, 3.8) is 0 Å². The summed E-state index contributed by atoms with van der Waals surface area (Å²) in [4.78, 5) is 22.1. The Morgan fingerprint density at radius 1 is 1.47 bits per heavy atom. The molecule has 0 aromatic rings. The lowest BCUT2D eigenvalue weighted by Gasteiger charge is -2.28. The molecule has 5 nitrogen and oxygen atoms in total. The van der Waals surface area contributed by atoms with Gasteiger partial charge in [-0.2, -0.15) is 0 Å². The summed E-state index contributed by atoms with van der Waals surface area (Å²) in [6, 6.07) is -0.0427. The van der Waals surface area contributed by atoms with E-state index in [4.69, 9.17) is 5.11 Å². The van der Waals surface area contributed by atoms with E-state index in [1.807, 2.05) is 6.92 Å². The summed E-state index contributed by atoms with van der Waals surface area (Å²) in [5.74, 6) is -1.17. The summed E-state index contributed by atoms with van der Waals surface area (Å²) in [6.07, 6.45) is 1.85. The second kappa shape index (κ2) is 5.70. The molecule has 2 unspecified atom stereocenters. The predicted molar refractivity (Wildman–Crippen MR) is 55.5 cm³/mol. The van der Waals surface area contributed by atoms with Gasteiger partial charge in [0.25, 0.3) is 0 Å². The number of carboxylic acids is 1. The van der Waals surface area contributed by atoms with Gasteiger partial charge in [-0.1, -0.05) is 6.92 Å². The Hall–Kier alpha value is -1.10. The third-order valence-electron chi connectivity index (χ3n) is 2.54. The second-order valence-corrected chi connectivity index (χ2v) is 3.94. The standard InChI is InChI=1S/C10H18N2O3/c1-2-3-9(13)12-8-4-7(10(14)15)5-11-6-8/h7-8,11H,2-6H2,1H3,(H,12,13)(H,14,15). The topological polar surface area (TPSA) is 78.4 Å². The molecule has 0 aliphatic carbocycles. The van der Waals surface area contributed by atoms with Crippen LogP contribution in [0.1, 0.15) is 26.2 Å². The minimum atomic E-state index is -0.794. The highest BCUT2D eigenvalue weighted by Crippen LogP contribution is 2.11. The fourth-order valence-corrected chi connectivity index (χ4v) is 1.77. The minimum Gasteiger partial charge on any atom is -0.481 e. The number of hydrogen-bond acceptors (Lipinski definition) is 3. The van der Waals surface area contributed by atoms with Crippen LogP contribution in [0, 0.1) is 5.92 Å². The van der Waals surface area contributed by atoms with Crippen LogP contribution in [0.2, 0.25) is 0 Å². The molecule has 1 saturated heterocycles. The molecule has 86 valence electrons. The van der Waals surface area contributed by atoms with Crippen molar-refractivity contribution in [3.05, 3.63) is 0 Å². The van der Waals surface area contributed by atoms with E-state index in [0.717, 1.165) is 6.42 Å². The van der Waals surface area contributed by atoms with Crippen molar-refractivity contribution >= 4 is 11.9 Å². The molecule has 3 N–H and O–H groups in total. The first-order chi connectivity index (χ1) is 7.13. The smallest absolute Gasteiger partial charge is 0.307 e. The van der Waals surface area contributed by atoms with Gasteiger partial charge in [-0.25, -0.2) is 0 Å². The van der Waals surface area contributed by atoms with Crippen molar-refractivity contribution in [1.82, 2.24) is 10.6 Å². The van der Waals surface area contributed by atoms with Gasteiger partial charge in [0.15, 0.2) is 0 Å². The summed E-state index contributed by atoms with van der Waals surface area (Å²) < 4.78 is 0. The molecule has 1 aliphatic rings. The Kier molecular flexibility index (Phi) is 4.55. The number of carboxylic acid groups (broad SMARTS) is 1. The lowest BCUT2D eigenvalue weighted by Crippen LogP contribution is -2.50. The number of nitrogens with one attached hydrogen (secondary N) is 2. The highest BCUT2D eigenvalue weighted by atomic mass is 16.4. The number of piperidine rings is 1. The molecule has 1 heterocycles. The van der Waals surface area contributed by atoms with Crippen molar-refractivity contribution in [2.45, 2.75) is 32.2 Å². The molecule has 0 aromatic carbocycles. The molecule has 5 heteroatoms. The van der Waals surface area contributed by atoms with Crippen LogP contribution in [-0.4, -0.2) is 36.1 Å². The predicted octanol–water partition coefficient (Wildman–Crippen LogP) is -0.0346. The van der Waals surface area contributed by atoms with Gasteiger partial charge in [0.2, 0.25) is 5.91 Å². The van der Waals surface area contributed by atoms with Crippen LogP contribution in [0.4, 0.5) is 0 Å². The van der Waals surface area contributed by atoms with Crippen LogP contribution in [0.5, 0.6) is 0 Å². The summed E-state index contributed by atoms with van der Waals surface area (Å²) in [5.41, 5.74) is 0. The van der Waals surface area contributed by atoms with E-state index in [2.05, 4.69) is 10.6 Å². The normalized spacial score (nSPS) is 25.9. The quantitative estimate of drug-likeness (QED) is 0.614. The van der Waals surface area contributed by atoms with Crippen LogP contribution >= 0.6 is 0 Å². The van der Waals surface area contributed by atoms with Crippen LogP contribution < -0.4 is 10.6 Å². The van der Waals surface area contributed by atoms with E-state index in [-0.39, 0.29) is 17.9 Å². The molecule has 0 spiro atoms. The molecule has 0 bridgehead atoms. The number of amides is 1. The molecule has 1 amide bonds. The summed E-state index contributed by atoms with van der Waals surface area (Å²) in [6.45, 7) is 3.10. The first kappa shape index (κ1) is 12.0. The summed E-state index contributed by atoms with van der Waals surface area (Å²) in [7, 11) is 0. The van der Waals surface area contributed by atoms with Gasteiger partial charge >= 0.3 is 5.97 Å². The lowest BCUT2D eigenvalue weighted by molar-refractivity contribution is -0.142. The highest BCUT2D eigenvalue weighted by molar-refractivity contribution is 5.76. The molecule has 1 fully saturated rings. The average Bonchev–Trinajstić information content (AvgIpc) is 2.18. The van der Waals surface area contributed by atoms with Crippen molar-refractivity contribution in [1.29, 1.82) is 0 Å². The number of aliphatic carboxylic acids is 1. The average molecular weight is 214 g/mol. The first-order valence-electron chi connectivity index (χ1n) is 5.36. The van der Waals surface area contributed by atoms with Crippen LogP contribution in [0.15, 0.2) is 0 Å². The molecule has 15 heavy (non-hydrogen) atoms. The van der Waals surface area contributed by atoms with Gasteiger partial charge in [0.05, 0.1) is 5.92 Å². The molecular weight excluding hydrogens is 196 g/mol. The van der Waals surface area contributed by atoms with Crippen LogP contribution in [0.25, 0.3) is 0 Å².